The molecular weight excluding hydrogens is 290 g/mol. The minimum absolute atomic E-state index is 0.202. The molecule has 1 aliphatic heterocycles. The van der Waals surface area contributed by atoms with Crippen LogP contribution in [-0.2, 0) is 11.2 Å². The Bertz CT molecular complexity index is 633. The Morgan fingerprint density at radius 3 is 2.96 bits per heavy atom. The minimum atomic E-state index is 0.202. The van der Waals surface area contributed by atoms with Gasteiger partial charge in [-0.15, -0.1) is 0 Å². The van der Waals surface area contributed by atoms with Gasteiger partial charge in [-0.1, -0.05) is 30.3 Å². The Morgan fingerprint density at radius 1 is 1.39 bits per heavy atom. The van der Waals surface area contributed by atoms with Crippen LogP contribution in [0.5, 0.6) is 0 Å². The number of carbonyl (C=O) groups excluding carboxylic acids is 1. The number of benzene rings is 1. The molecule has 0 bridgehead atoms. The number of hydrogen-bond acceptors (Lipinski definition) is 4. The Labute approximate surface area is 136 Å². The van der Waals surface area contributed by atoms with Gasteiger partial charge in [-0.2, -0.15) is 0 Å². The molecule has 0 spiro atoms. The topological polar surface area (TPSA) is 58.4 Å². The lowest BCUT2D eigenvalue weighted by atomic mass is 10.2. The van der Waals surface area contributed by atoms with Crippen molar-refractivity contribution < 1.29 is 9.21 Å². The van der Waals surface area contributed by atoms with Crippen molar-refractivity contribution in [1.29, 1.82) is 0 Å². The highest BCUT2D eigenvalue weighted by Crippen LogP contribution is 2.20. The molecular formula is C18H23N3O2. The van der Waals surface area contributed by atoms with Gasteiger partial charge in [0.1, 0.15) is 0 Å². The molecule has 1 amide bonds. The van der Waals surface area contributed by atoms with E-state index in [-0.39, 0.29) is 5.91 Å². The Hall–Kier alpha value is -2.14. The third kappa shape index (κ3) is 3.99. The normalized spacial score (nSPS) is 17.3. The summed E-state index contributed by atoms with van der Waals surface area (Å²) in [6, 6.07) is 10.3. The van der Waals surface area contributed by atoms with Crippen LogP contribution in [0, 0.1) is 0 Å². The lowest BCUT2D eigenvalue weighted by Gasteiger charge is -2.23. The summed E-state index contributed by atoms with van der Waals surface area (Å²) in [6.07, 6.45) is 4.79. The van der Waals surface area contributed by atoms with Crippen molar-refractivity contribution >= 4 is 5.91 Å². The first-order valence-corrected chi connectivity index (χ1v) is 8.20. The molecule has 5 heteroatoms. The SMILES string of the molecule is CN(C(=O)CCCc1ncc(-c2ccccc2)o1)C1CCNC1. The van der Waals surface area contributed by atoms with Gasteiger partial charge in [0.05, 0.1) is 6.20 Å². The fourth-order valence-corrected chi connectivity index (χ4v) is 2.90. The van der Waals surface area contributed by atoms with E-state index in [0.717, 1.165) is 37.3 Å². The number of aryl methyl sites for hydroxylation is 1. The summed E-state index contributed by atoms with van der Waals surface area (Å²) in [5.41, 5.74) is 1.02. The lowest BCUT2D eigenvalue weighted by molar-refractivity contribution is -0.131. The summed E-state index contributed by atoms with van der Waals surface area (Å²) in [4.78, 5) is 18.4. The second-order valence-electron chi connectivity index (χ2n) is 5.99. The summed E-state index contributed by atoms with van der Waals surface area (Å²) in [5, 5.41) is 3.29. The molecule has 1 saturated heterocycles. The van der Waals surface area contributed by atoms with Crippen LogP contribution >= 0.6 is 0 Å². The van der Waals surface area contributed by atoms with Crippen molar-refractivity contribution in [3.8, 4) is 11.3 Å². The monoisotopic (exact) mass is 313 g/mol. The van der Waals surface area contributed by atoms with Crippen LogP contribution in [0.3, 0.4) is 0 Å². The predicted octanol–water partition coefficient (Wildman–Crippen LogP) is 2.48. The molecule has 5 nitrogen and oxygen atoms in total. The highest BCUT2D eigenvalue weighted by Gasteiger charge is 2.22. The van der Waals surface area contributed by atoms with E-state index in [9.17, 15) is 4.79 Å². The van der Waals surface area contributed by atoms with E-state index >= 15 is 0 Å². The van der Waals surface area contributed by atoms with Crippen molar-refractivity contribution in [2.75, 3.05) is 20.1 Å². The van der Waals surface area contributed by atoms with Crippen LogP contribution in [0.15, 0.2) is 40.9 Å². The van der Waals surface area contributed by atoms with Gasteiger partial charge in [-0.25, -0.2) is 4.98 Å². The predicted molar refractivity (Wildman–Crippen MR) is 88.9 cm³/mol. The number of nitrogens with zero attached hydrogens (tertiary/aromatic N) is 2. The highest BCUT2D eigenvalue weighted by molar-refractivity contribution is 5.76. The Kier molecular flexibility index (Phi) is 5.08. The van der Waals surface area contributed by atoms with E-state index in [0.29, 0.717) is 24.8 Å². The van der Waals surface area contributed by atoms with Crippen LogP contribution in [0.4, 0.5) is 0 Å². The molecule has 1 atom stereocenters. The number of aromatic nitrogens is 1. The largest absolute Gasteiger partial charge is 0.441 e. The van der Waals surface area contributed by atoms with Crippen molar-refractivity contribution in [3.63, 3.8) is 0 Å². The van der Waals surface area contributed by atoms with Gasteiger partial charge < -0.3 is 14.6 Å². The fourth-order valence-electron chi connectivity index (χ4n) is 2.90. The first-order valence-electron chi connectivity index (χ1n) is 8.20. The number of amides is 1. The highest BCUT2D eigenvalue weighted by atomic mass is 16.4. The maximum atomic E-state index is 12.2. The van der Waals surface area contributed by atoms with Gasteiger partial charge in [-0.05, 0) is 19.4 Å². The molecule has 1 unspecified atom stereocenters. The van der Waals surface area contributed by atoms with E-state index in [1.165, 1.54) is 0 Å². The molecule has 1 aliphatic rings. The molecule has 0 aliphatic carbocycles. The molecule has 2 heterocycles. The van der Waals surface area contributed by atoms with E-state index in [1.807, 2.05) is 42.3 Å². The van der Waals surface area contributed by atoms with Crippen molar-refractivity contribution in [1.82, 2.24) is 15.2 Å². The molecule has 1 fully saturated rings. The van der Waals surface area contributed by atoms with Gasteiger partial charge in [0.25, 0.3) is 0 Å². The van der Waals surface area contributed by atoms with Gasteiger partial charge >= 0.3 is 0 Å². The minimum Gasteiger partial charge on any atom is -0.441 e. The van der Waals surface area contributed by atoms with E-state index in [2.05, 4.69) is 10.3 Å². The maximum Gasteiger partial charge on any atom is 0.222 e. The molecule has 23 heavy (non-hydrogen) atoms. The van der Waals surface area contributed by atoms with E-state index in [1.54, 1.807) is 6.20 Å². The second-order valence-corrected chi connectivity index (χ2v) is 5.99. The molecule has 1 aromatic heterocycles. The lowest BCUT2D eigenvalue weighted by Crippen LogP contribution is -2.38. The number of oxazole rings is 1. The third-order valence-corrected chi connectivity index (χ3v) is 4.37. The average Bonchev–Trinajstić information content (AvgIpc) is 3.27. The molecule has 0 radical (unpaired) electrons. The quantitative estimate of drug-likeness (QED) is 0.890. The maximum absolute atomic E-state index is 12.2. The molecule has 2 aromatic rings. The van der Waals surface area contributed by atoms with Gasteiger partial charge in [0.2, 0.25) is 5.91 Å². The number of likely N-dealkylation sites (N-methyl/N-ethyl adjacent to an activating group) is 1. The van der Waals surface area contributed by atoms with Crippen LogP contribution in [-0.4, -0.2) is 42.0 Å². The zero-order valence-corrected chi connectivity index (χ0v) is 13.5. The number of hydrogen-bond donors (Lipinski definition) is 1. The molecule has 1 aromatic carbocycles. The standard InChI is InChI=1S/C18H23N3O2/c1-21(15-10-11-19-12-15)18(22)9-5-8-17-20-13-16(23-17)14-6-3-2-4-7-14/h2-4,6-7,13,15,19H,5,8-12H2,1H3. The Morgan fingerprint density at radius 2 is 2.22 bits per heavy atom. The van der Waals surface area contributed by atoms with E-state index < -0.39 is 0 Å². The smallest absolute Gasteiger partial charge is 0.222 e. The third-order valence-electron chi connectivity index (χ3n) is 4.37. The van der Waals surface area contributed by atoms with Gasteiger partial charge in [0, 0.05) is 38.0 Å². The molecule has 1 N–H and O–H groups in total. The fraction of sp³-hybridized carbons (Fsp3) is 0.444. The summed E-state index contributed by atoms with van der Waals surface area (Å²) in [5.74, 6) is 1.68. The van der Waals surface area contributed by atoms with Crippen molar-refractivity contribution in [3.05, 3.63) is 42.4 Å². The first-order chi connectivity index (χ1) is 11.2. The zero-order valence-electron chi connectivity index (χ0n) is 13.5. The summed E-state index contributed by atoms with van der Waals surface area (Å²) in [7, 11) is 1.90. The number of carbonyl (C=O) groups is 1. The summed E-state index contributed by atoms with van der Waals surface area (Å²) in [6.45, 7) is 1.91. The summed E-state index contributed by atoms with van der Waals surface area (Å²) < 4.78 is 5.77. The van der Waals surface area contributed by atoms with Crippen LogP contribution in [0.2, 0.25) is 0 Å². The van der Waals surface area contributed by atoms with Crippen molar-refractivity contribution in [2.24, 2.45) is 0 Å². The van der Waals surface area contributed by atoms with Gasteiger partial charge in [0.15, 0.2) is 11.7 Å². The average molecular weight is 313 g/mol. The van der Waals surface area contributed by atoms with Crippen molar-refractivity contribution in [2.45, 2.75) is 31.7 Å². The second kappa shape index (κ2) is 7.42. The molecule has 122 valence electrons. The van der Waals surface area contributed by atoms with Gasteiger partial charge in [-0.3, -0.25) is 4.79 Å². The first kappa shape index (κ1) is 15.7. The number of nitrogens with one attached hydrogen (secondary N) is 1. The molecule has 0 saturated carbocycles. The van der Waals surface area contributed by atoms with Crippen LogP contribution in [0.1, 0.15) is 25.2 Å². The Balaban J connectivity index is 1.47. The number of rotatable bonds is 6. The van der Waals surface area contributed by atoms with Crippen LogP contribution < -0.4 is 5.32 Å². The summed E-state index contributed by atoms with van der Waals surface area (Å²) >= 11 is 0. The van der Waals surface area contributed by atoms with Crippen LogP contribution in [0.25, 0.3) is 11.3 Å². The molecule has 3 rings (SSSR count). The van der Waals surface area contributed by atoms with E-state index in [4.69, 9.17) is 4.42 Å². The zero-order chi connectivity index (χ0) is 16.1.